The Morgan fingerprint density at radius 1 is 1.35 bits per heavy atom. The minimum Gasteiger partial charge on any atom is -0.481 e. The third-order valence-corrected chi connectivity index (χ3v) is 3.54. The summed E-state index contributed by atoms with van der Waals surface area (Å²) in [6.07, 6.45) is 2.29. The Balaban J connectivity index is 4.37. The number of rotatable bonds is 7. The van der Waals surface area contributed by atoms with Crippen molar-refractivity contribution in [3.63, 3.8) is 0 Å². The van der Waals surface area contributed by atoms with Crippen LogP contribution in [0.3, 0.4) is 0 Å². The van der Waals surface area contributed by atoms with Crippen LogP contribution in [0.25, 0.3) is 0 Å². The van der Waals surface area contributed by atoms with Crippen LogP contribution in [0.15, 0.2) is 0 Å². The third kappa shape index (κ3) is 6.56. The predicted molar refractivity (Wildman–Crippen MR) is 71.3 cm³/mol. The minimum atomic E-state index is -0.859. The Kier molecular flexibility index (Phi) is 6.60. The number of carboxylic acids is 1. The number of carbonyl (C=O) groups excluding carboxylic acids is 1. The Morgan fingerprint density at radius 2 is 1.88 bits per heavy atom. The molecule has 1 amide bonds. The van der Waals surface area contributed by atoms with Gasteiger partial charge >= 0.3 is 5.97 Å². The monoisotopic (exact) mass is 261 g/mol. The lowest BCUT2D eigenvalue weighted by molar-refractivity contribution is -0.140. The highest BCUT2D eigenvalue weighted by Gasteiger charge is 2.27. The average molecular weight is 261 g/mol. The minimum absolute atomic E-state index is 0.0119. The quantitative estimate of drug-likeness (QED) is 0.762. The highest BCUT2D eigenvalue weighted by atomic mass is 32.2. The number of amides is 1. The molecule has 0 saturated heterocycles. The van der Waals surface area contributed by atoms with Gasteiger partial charge in [0.05, 0.1) is 6.42 Å². The van der Waals surface area contributed by atoms with Crippen LogP contribution < -0.4 is 0 Å². The summed E-state index contributed by atoms with van der Waals surface area (Å²) in [5.74, 6) is 0.0436. The summed E-state index contributed by atoms with van der Waals surface area (Å²) >= 11 is 1.70. The molecular formula is C12H23NO3S. The van der Waals surface area contributed by atoms with Crippen LogP contribution in [0.1, 0.15) is 33.6 Å². The van der Waals surface area contributed by atoms with Gasteiger partial charge in [0.2, 0.25) is 5.91 Å². The van der Waals surface area contributed by atoms with Crippen molar-refractivity contribution in [2.75, 3.05) is 19.1 Å². The van der Waals surface area contributed by atoms with Gasteiger partial charge in [0.1, 0.15) is 0 Å². The van der Waals surface area contributed by atoms with Crippen LogP contribution in [0.4, 0.5) is 0 Å². The highest BCUT2D eigenvalue weighted by molar-refractivity contribution is 7.98. The van der Waals surface area contributed by atoms with Crippen molar-refractivity contribution in [3.05, 3.63) is 0 Å². The van der Waals surface area contributed by atoms with Crippen LogP contribution in [-0.4, -0.2) is 47.0 Å². The summed E-state index contributed by atoms with van der Waals surface area (Å²) < 4.78 is 0. The van der Waals surface area contributed by atoms with Crippen LogP contribution in [-0.2, 0) is 9.59 Å². The first-order chi connectivity index (χ1) is 7.69. The molecule has 17 heavy (non-hydrogen) atoms. The van der Waals surface area contributed by atoms with Crippen molar-refractivity contribution in [1.82, 2.24) is 4.90 Å². The van der Waals surface area contributed by atoms with Gasteiger partial charge in [0.25, 0.3) is 0 Å². The van der Waals surface area contributed by atoms with E-state index in [9.17, 15) is 9.59 Å². The predicted octanol–water partition coefficient (Wildman–Crippen LogP) is 2.09. The number of hydrogen-bond donors (Lipinski definition) is 1. The Hall–Kier alpha value is -0.710. The number of nitrogens with zero attached hydrogens (tertiary/aromatic N) is 1. The van der Waals surface area contributed by atoms with E-state index >= 15 is 0 Å². The zero-order valence-electron chi connectivity index (χ0n) is 11.3. The summed E-state index contributed by atoms with van der Waals surface area (Å²) in [4.78, 5) is 24.4. The second kappa shape index (κ2) is 6.89. The van der Waals surface area contributed by atoms with Crippen LogP contribution >= 0.6 is 11.8 Å². The molecule has 0 aliphatic heterocycles. The molecular weight excluding hydrogens is 238 g/mol. The first-order valence-corrected chi connectivity index (χ1v) is 7.05. The van der Waals surface area contributed by atoms with E-state index in [0.29, 0.717) is 0 Å². The summed E-state index contributed by atoms with van der Waals surface area (Å²) in [6.45, 7) is 5.62. The maximum absolute atomic E-state index is 12.0. The molecule has 1 unspecified atom stereocenters. The van der Waals surface area contributed by atoms with Crippen molar-refractivity contribution in [1.29, 1.82) is 0 Å². The molecule has 0 aromatic carbocycles. The normalized spacial score (nSPS) is 13.2. The van der Waals surface area contributed by atoms with E-state index in [-0.39, 0.29) is 24.8 Å². The zero-order valence-corrected chi connectivity index (χ0v) is 12.1. The number of carboxylic acid groups (broad SMARTS) is 1. The number of thioether (sulfide) groups is 1. The molecule has 0 rings (SSSR count). The molecule has 0 aromatic heterocycles. The molecule has 0 bridgehead atoms. The fourth-order valence-corrected chi connectivity index (χ4v) is 2.31. The fourth-order valence-electron chi connectivity index (χ4n) is 1.60. The maximum Gasteiger partial charge on any atom is 0.303 e. The van der Waals surface area contributed by atoms with Gasteiger partial charge in [-0.25, -0.2) is 0 Å². The number of hydrogen-bond acceptors (Lipinski definition) is 3. The lowest BCUT2D eigenvalue weighted by atomic mass is 9.85. The zero-order chi connectivity index (χ0) is 13.6. The van der Waals surface area contributed by atoms with E-state index in [1.165, 1.54) is 0 Å². The molecule has 0 fully saturated rings. The van der Waals surface area contributed by atoms with Crippen molar-refractivity contribution < 1.29 is 14.7 Å². The third-order valence-electron chi connectivity index (χ3n) is 2.72. The molecule has 0 radical (unpaired) electrons. The summed E-state index contributed by atoms with van der Waals surface area (Å²) in [5, 5.41) is 8.77. The Bertz CT molecular complexity index is 279. The van der Waals surface area contributed by atoms with Crippen molar-refractivity contribution in [2.24, 2.45) is 5.41 Å². The second-order valence-corrected chi connectivity index (χ2v) is 6.13. The molecule has 1 atom stereocenters. The fraction of sp³-hybridized carbons (Fsp3) is 0.833. The van der Waals surface area contributed by atoms with Gasteiger partial charge in [-0.3, -0.25) is 9.59 Å². The largest absolute Gasteiger partial charge is 0.481 e. The molecule has 0 heterocycles. The standard InChI is InChI=1S/C12H23NO3S/c1-9(8-17-5)13(4)10(14)6-12(2,3)7-11(15)16/h9H,6-8H2,1-5H3,(H,15,16). The second-order valence-electron chi connectivity index (χ2n) is 5.22. The van der Waals surface area contributed by atoms with E-state index in [1.54, 1.807) is 23.7 Å². The van der Waals surface area contributed by atoms with Gasteiger partial charge in [-0.2, -0.15) is 11.8 Å². The highest BCUT2D eigenvalue weighted by Crippen LogP contribution is 2.26. The Labute approximate surface area is 108 Å². The molecule has 0 spiro atoms. The van der Waals surface area contributed by atoms with Crippen molar-refractivity contribution >= 4 is 23.6 Å². The molecule has 4 nitrogen and oxygen atoms in total. The number of aliphatic carboxylic acids is 1. The molecule has 0 aliphatic carbocycles. The van der Waals surface area contributed by atoms with Gasteiger partial charge in [-0.1, -0.05) is 13.8 Å². The van der Waals surface area contributed by atoms with Gasteiger partial charge in [0, 0.05) is 25.3 Å². The van der Waals surface area contributed by atoms with E-state index < -0.39 is 11.4 Å². The van der Waals surface area contributed by atoms with Gasteiger partial charge in [0.15, 0.2) is 0 Å². The van der Waals surface area contributed by atoms with Gasteiger partial charge in [-0.15, -0.1) is 0 Å². The van der Waals surface area contributed by atoms with Gasteiger partial charge < -0.3 is 10.0 Å². The first kappa shape index (κ1) is 16.3. The first-order valence-electron chi connectivity index (χ1n) is 5.66. The van der Waals surface area contributed by atoms with Crippen molar-refractivity contribution in [3.8, 4) is 0 Å². The lowest BCUT2D eigenvalue weighted by Gasteiger charge is -2.29. The number of carbonyl (C=O) groups is 2. The summed E-state index contributed by atoms with van der Waals surface area (Å²) in [5.41, 5.74) is -0.490. The summed E-state index contributed by atoms with van der Waals surface area (Å²) in [6, 6.07) is 0.179. The van der Waals surface area contributed by atoms with E-state index in [2.05, 4.69) is 0 Å². The molecule has 100 valence electrons. The van der Waals surface area contributed by atoms with E-state index in [0.717, 1.165) is 5.75 Å². The van der Waals surface area contributed by atoms with Crippen LogP contribution in [0.2, 0.25) is 0 Å². The maximum atomic E-state index is 12.0. The molecule has 0 aliphatic rings. The molecule has 1 N–H and O–H groups in total. The Morgan fingerprint density at radius 3 is 2.29 bits per heavy atom. The topological polar surface area (TPSA) is 57.6 Å². The SMILES string of the molecule is CSCC(C)N(C)C(=O)CC(C)(C)CC(=O)O. The average Bonchev–Trinajstić information content (AvgIpc) is 2.13. The molecule has 0 saturated carbocycles. The van der Waals surface area contributed by atoms with E-state index in [1.807, 2.05) is 27.0 Å². The van der Waals surface area contributed by atoms with E-state index in [4.69, 9.17) is 5.11 Å². The van der Waals surface area contributed by atoms with Crippen LogP contribution in [0.5, 0.6) is 0 Å². The smallest absolute Gasteiger partial charge is 0.303 e. The molecule has 5 heteroatoms. The molecule has 0 aromatic rings. The summed E-state index contributed by atoms with van der Waals surface area (Å²) in [7, 11) is 1.78. The lowest BCUT2D eigenvalue weighted by Crippen LogP contribution is -2.39. The van der Waals surface area contributed by atoms with Gasteiger partial charge in [-0.05, 0) is 18.6 Å². The van der Waals surface area contributed by atoms with Crippen molar-refractivity contribution in [2.45, 2.75) is 39.7 Å². The van der Waals surface area contributed by atoms with Crippen LogP contribution in [0, 0.1) is 5.41 Å².